The molecule has 0 saturated carbocycles. The van der Waals surface area contributed by atoms with Gasteiger partial charge in [0.2, 0.25) is 0 Å². The number of aromatic nitrogens is 3. The number of rotatable bonds is 5. The van der Waals surface area contributed by atoms with Gasteiger partial charge < -0.3 is 4.57 Å². The van der Waals surface area contributed by atoms with Crippen LogP contribution in [0.2, 0.25) is 0 Å². The Labute approximate surface area is 133 Å². The van der Waals surface area contributed by atoms with Gasteiger partial charge in [0.05, 0.1) is 5.38 Å². The third kappa shape index (κ3) is 2.86. The van der Waals surface area contributed by atoms with Gasteiger partial charge in [-0.25, -0.2) is 9.97 Å². The number of halogens is 2. The molecule has 0 aliphatic rings. The molecule has 2 unspecified atom stereocenters. The minimum absolute atomic E-state index is 0.125. The van der Waals surface area contributed by atoms with E-state index < -0.39 is 0 Å². The van der Waals surface area contributed by atoms with Crippen LogP contribution in [-0.4, -0.2) is 14.5 Å². The minimum Gasteiger partial charge on any atom is -0.308 e. The van der Waals surface area contributed by atoms with Gasteiger partial charge in [-0.1, -0.05) is 26.7 Å². The number of fused-ring (bicyclic) bond motifs is 1. The van der Waals surface area contributed by atoms with Crippen molar-refractivity contribution in [2.75, 3.05) is 0 Å². The van der Waals surface area contributed by atoms with Crippen LogP contribution in [0.25, 0.3) is 11.2 Å². The van der Waals surface area contributed by atoms with Crippen molar-refractivity contribution in [1.29, 1.82) is 0 Å². The quantitative estimate of drug-likeness (QED) is 0.661. The van der Waals surface area contributed by atoms with Crippen molar-refractivity contribution in [3.05, 3.63) is 22.6 Å². The van der Waals surface area contributed by atoms with Gasteiger partial charge in [-0.05, 0) is 41.8 Å². The summed E-state index contributed by atoms with van der Waals surface area (Å²) in [4.78, 5) is 9.23. The van der Waals surface area contributed by atoms with Crippen LogP contribution in [0.3, 0.4) is 0 Å². The fourth-order valence-electron chi connectivity index (χ4n) is 2.84. The Kier molecular flexibility index (Phi) is 5.08. The molecule has 3 nitrogen and oxygen atoms in total. The summed E-state index contributed by atoms with van der Waals surface area (Å²) in [6.07, 6.45) is 4.11. The Morgan fingerprint density at radius 3 is 2.50 bits per heavy atom. The van der Waals surface area contributed by atoms with Gasteiger partial charge >= 0.3 is 0 Å². The Balaban J connectivity index is 2.62. The summed E-state index contributed by atoms with van der Waals surface area (Å²) >= 11 is 9.78. The number of imidazole rings is 1. The van der Waals surface area contributed by atoms with E-state index in [1.807, 2.05) is 19.2 Å². The Morgan fingerprint density at radius 1 is 1.30 bits per heavy atom. The molecule has 5 heteroatoms. The van der Waals surface area contributed by atoms with Crippen molar-refractivity contribution in [3.63, 3.8) is 0 Å². The summed E-state index contributed by atoms with van der Waals surface area (Å²) in [6, 6.07) is 2.35. The predicted octanol–water partition coefficient (Wildman–Crippen LogP) is 5.49. The van der Waals surface area contributed by atoms with Gasteiger partial charge in [0.15, 0.2) is 5.65 Å². The number of hydrogen-bond donors (Lipinski definition) is 0. The lowest BCUT2D eigenvalue weighted by molar-refractivity contribution is 0.331. The van der Waals surface area contributed by atoms with Gasteiger partial charge in [-0.3, -0.25) is 0 Å². The topological polar surface area (TPSA) is 30.7 Å². The van der Waals surface area contributed by atoms with E-state index in [1.165, 1.54) is 0 Å². The van der Waals surface area contributed by atoms with E-state index in [0.29, 0.717) is 12.0 Å². The number of hydrogen-bond acceptors (Lipinski definition) is 2. The van der Waals surface area contributed by atoms with E-state index in [0.717, 1.165) is 34.3 Å². The molecule has 2 atom stereocenters. The van der Waals surface area contributed by atoms with Crippen molar-refractivity contribution in [2.24, 2.45) is 5.92 Å². The van der Waals surface area contributed by atoms with E-state index in [9.17, 15) is 0 Å². The van der Waals surface area contributed by atoms with Crippen LogP contribution in [0, 0.1) is 5.92 Å². The molecule has 2 rings (SSSR count). The molecule has 0 bridgehead atoms. The van der Waals surface area contributed by atoms with E-state index in [-0.39, 0.29) is 5.38 Å². The van der Waals surface area contributed by atoms with E-state index in [2.05, 4.69) is 51.2 Å². The highest BCUT2D eigenvalue weighted by Gasteiger charge is 2.24. The standard InChI is InChI=1S/C15H21BrClN3/c1-5-11(6-2)10(4)20-14(9(3)17)19-13-7-12(16)8-18-15(13)20/h7-11H,5-6H2,1-4H3. The summed E-state index contributed by atoms with van der Waals surface area (Å²) in [6.45, 7) is 8.68. The molecule has 2 aromatic heterocycles. The Hall–Kier alpha value is -0.610. The van der Waals surface area contributed by atoms with Gasteiger partial charge in [-0.15, -0.1) is 11.6 Å². The van der Waals surface area contributed by atoms with Crippen molar-refractivity contribution >= 4 is 38.7 Å². The third-order valence-corrected chi connectivity index (χ3v) is 4.65. The van der Waals surface area contributed by atoms with Crippen LogP contribution in [0.4, 0.5) is 0 Å². The average Bonchev–Trinajstić information content (AvgIpc) is 2.78. The SMILES string of the molecule is CCC(CC)C(C)n1c(C(C)Cl)nc2cc(Br)cnc21. The molecule has 0 aliphatic carbocycles. The van der Waals surface area contributed by atoms with Crippen LogP contribution in [0.5, 0.6) is 0 Å². The summed E-state index contributed by atoms with van der Waals surface area (Å²) in [5.41, 5.74) is 1.83. The zero-order valence-electron chi connectivity index (χ0n) is 12.4. The smallest absolute Gasteiger partial charge is 0.160 e. The molecule has 110 valence electrons. The molecule has 0 radical (unpaired) electrons. The van der Waals surface area contributed by atoms with Gasteiger partial charge in [0, 0.05) is 16.7 Å². The summed E-state index contributed by atoms with van der Waals surface area (Å²) in [5.74, 6) is 1.51. The van der Waals surface area contributed by atoms with E-state index in [4.69, 9.17) is 11.6 Å². The zero-order chi connectivity index (χ0) is 14.9. The highest BCUT2D eigenvalue weighted by Crippen LogP contribution is 2.33. The lowest BCUT2D eigenvalue weighted by Crippen LogP contribution is -2.18. The fraction of sp³-hybridized carbons (Fsp3) is 0.600. The number of nitrogens with zero attached hydrogens (tertiary/aromatic N) is 3. The molecule has 0 aromatic carbocycles. The summed E-state index contributed by atoms with van der Waals surface area (Å²) < 4.78 is 3.16. The zero-order valence-corrected chi connectivity index (χ0v) is 14.7. The summed E-state index contributed by atoms with van der Waals surface area (Å²) in [7, 11) is 0. The van der Waals surface area contributed by atoms with E-state index >= 15 is 0 Å². The Morgan fingerprint density at radius 2 is 1.95 bits per heavy atom. The normalized spacial score (nSPS) is 14.9. The highest BCUT2D eigenvalue weighted by atomic mass is 79.9. The number of pyridine rings is 1. The maximum absolute atomic E-state index is 6.33. The first kappa shape index (κ1) is 15.8. The minimum atomic E-state index is -0.125. The number of alkyl halides is 1. The van der Waals surface area contributed by atoms with Gasteiger partial charge in [-0.2, -0.15) is 0 Å². The maximum Gasteiger partial charge on any atom is 0.160 e. The molecule has 0 aliphatic heterocycles. The molecule has 2 aromatic rings. The molecule has 0 spiro atoms. The largest absolute Gasteiger partial charge is 0.308 e. The molecule has 0 fully saturated rings. The molecular weight excluding hydrogens is 338 g/mol. The van der Waals surface area contributed by atoms with Crippen LogP contribution in [0.15, 0.2) is 16.7 Å². The second kappa shape index (κ2) is 6.44. The molecular formula is C15H21BrClN3. The Bertz CT molecular complexity index is 590. The molecule has 0 N–H and O–H groups in total. The van der Waals surface area contributed by atoms with Crippen molar-refractivity contribution in [1.82, 2.24) is 14.5 Å². The third-order valence-electron chi connectivity index (χ3n) is 4.02. The second-order valence-electron chi connectivity index (χ2n) is 5.27. The van der Waals surface area contributed by atoms with Crippen molar-refractivity contribution in [3.8, 4) is 0 Å². The van der Waals surface area contributed by atoms with Crippen LogP contribution < -0.4 is 0 Å². The fourth-order valence-corrected chi connectivity index (χ4v) is 3.31. The van der Waals surface area contributed by atoms with Gasteiger partial charge in [0.1, 0.15) is 11.3 Å². The van der Waals surface area contributed by atoms with Crippen LogP contribution in [0.1, 0.15) is 57.8 Å². The predicted molar refractivity (Wildman–Crippen MR) is 88.3 cm³/mol. The summed E-state index contributed by atoms with van der Waals surface area (Å²) in [5, 5.41) is -0.125. The molecule has 20 heavy (non-hydrogen) atoms. The molecule has 0 saturated heterocycles. The molecule has 0 amide bonds. The molecule has 2 heterocycles. The van der Waals surface area contributed by atoms with Crippen molar-refractivity contribution in [2.45, 2.75) is 52.0 Å². The average molecular weight is 359 g/mol. The monoisotopic (exact) mass is 357 g/mol. The maximum atomic E-state index is 6.33. The van der Waals surface area contributed by atoms with Crippen LogP contribution >= 0.6 is 27.5 Å². The lowest BCUT2D eigenvalue weighted by Gasteiger charge is -2.25. The van der Waals surface area contributed by atoms with Gasteiger partial charge in [0.25, 0.3) is 0 Å². The van der Waals surface area contributed by atoms with Crippen LogP contribution in [-0.2, 0) is 0 Å². The van der Waals surface area contributed by atoms with Crippen molar-refractivity contribution < 1.29 is 0 Å². The highest BCUT2D eigenvalue weighted by molar-refractivity contribution is 9.10. The lowest BCUT2D eigenvalue weighted by atomic mass is 9.95. The second-order valence-corrected chi connectivity index (χ2v) is 6.84. The first-order valence-electron chi connectivity index (χ1n) is 7.17. The first-order chi connectivity index (χ1) is 9.49. The van der Waals surface area contributed by atoms with E-state index in [1.54, 1.807) is 0 Å². The first-order valence-corrected chi connectivity index (χ1v) is 8.39.